The number of hydrogen-bond donors (Lipinski definition) is 1. The Bertz CT molecular complexity index is 322. The topological polar surface area (TPSA) is 79.2 Å². The standard InChI is InChI=1S/C12H20N2O3/c1-5-9(3)7-12(8-13,14-10(4)15)11(16)17-6-2/h9H,5-7H2,1-4H3,(H,14,15). The van der Waals surface area contributed by atoms with Crippen molar-refractivity contribution in [3.05, 3.63) is 0 Å². The van der Waals surface area contributed by atoms with E-state index < -0.39 is 17.4 Å². The van der Waals surface area contributed by atoms with Gasteiger partial charge >= 0.3 is 5.97 Å². The Morgan fingerprint density at radius 3 is 2.41 bits per heavy atom. The van der Waals surface area contributed by atoms with Gasteiger partial charge < -0.3 is 10.1 Å². The molecule has 0 heterocycles. The van der Waals surface area contributed by atoms with E-state index in [0.29, 0.717) is 0 Å². The van der Waals surface area contributed by atoms with Gasteiger partial charge in [0.25, 0.3) is 0 Å². The van der Waals surface area contributed by atoms with Crippen LogP contribution in [0.1, 0.15) is 40.5 Å². The number of rotatable bonds is 6. The summed E-state index contributed by atoms with van der Waals surface area (Å²) in [6, 6.07) is 1.89. The van der Waals surface area contributed by atoms with Gasteiger partial charge in [-0.25, -0.2) is 4.79 Å². The van der Waals surface area contributed by atoms with Crippen LogP contribution in [-0.2, 0) is 14.3 Å². The zero-order valence-corrected chi connectivity index (χ0v) is 10.9. The lowest BCUT2D eigenvalue weighted by Gasteiger charge is -2.27. The van der Waals surface area contributed by atoms with E-state index in [0.717, 1.165) is 6.42 Å². The molecule has 0 radical (unpaired) electrons. The molecule has 0 aliphatic carbocycles. The van der Waals surface area contributed by atoms with Gasteiger partial charge in [-0.1, -0.05) is 20.3 Å². The van der Waals surface area contributed by atoms with E-state index in [2.05, 4.69) is 5.32 Å². The smallest absolute Gasteiger partial charge is 0.346 e. The third-order valence-corrected chi connectivity index (χ3v) is 2.56. The number of nitrogens with zero attached hydrogens (tertiary/aromatic N) is 1. The van der Waals surface area contributed by atoms with Crippen LogP contribution >= 0.6 is 0 Å². The second kappa shape index (κ2) is 6.89. The molecule has 1 amide bonds. The molecule has 0 aliphatic heterocycles. The van der Waals surface area contributed by atoms with Crippen LogP contribution in [-0.4, -0.2) is 24.0 Å². The minimum absolute atomic E-state index is 0.144. The van der Waals surface area contributed by atoms with Crippen molar-refractivity contribution in [1.82, 2.24) is 5.32 Å². The largest absolute Gasteiger partial charge is 0.463 e. The number of hydrogen-bond acceptors (Lipinski definition) is 4. The maximum atomic E-state index is 11.8. The maximum Gasteiger partial charge on any atom is 0.346 e. The summed E-state index contributed by atoms with van der Waals surface area (Å²) in [5.74, 6) is -0.952. The molecule has 0 aromatic carbocycles. The molecule has 0 aliphatic rings. The number of nitrogens with one attached hydrogen (secondary N) is 1. The first-order valence-electron chi connectivity index (χ1n) is 5.79. The quantitative estimate of drug-likeness (QED) is 0.711. The average Bonchev–Trinajstić information content (AvgIpc) is 2.27. The summed E-state index contributed by atoms with van der Waals surface area (Å²) in [5.41, 5.74) is -1.56. The number of ether oxygens (including phenoxy) is 1. The summed E-state index contributed by atoms with van der Waals surface area (Å²) >= 11 is 0. The summed E-state index contributed by atoms with van der Waals surface area (Å²) in [4.78, 5) is 23.0. The Morgan fingerprint density at radius 1 is 1.47 bits per heavy atom. The molecule has 2 atom stereocenters. The number of amides is 1. The van der Waals surface area contributed by atoms with E-state index in [1.165, 1.54) is 6.92 Å². The third-order valence-electron chi connectivity index (χ3n) is 2.56. The van der Waals surface area contributed by atoms with Crippen molar-refractivity contribution in [3.63, 3.8) is 0 Å². The van der Waals surface area contributed by atoms with Gasteiger partial charge in [0.2, 0.25) is 11.4 Å². The first kappa shape index (κ1) is 15.4. The van der Waals surface area contributed by atoms with E-state index in [-0.39, 0.29) is 18.9 Å². The molecule has 0 bridgehead atoms. The van der Waals surface area contributed by atoms with E-state index in [1.54, 1.807) is 6.92 Å². The zero-order valence-electron chi connectivity index (χ0n) is 10.9. The summed E-state index contributed by atoms with van der Waals surface area (Å²) in [6.07, 6.45) is 1.08. The second-order valence-electron chi connectivity index (χ2n) is 4.14. The van der Waals surface area contributed by atoms with Crippen LogP contribution in [0, 0.1) is 17.2 Å². The lowest BCUT2D eigenvalue weighted by Crippen LogP contribution is -2.54. The van der Waals surface area contributed by atoms with Gasteiger partial charge in [0.15, 0.2) is 0 Å². The normalized spacial score (nSPS) is 15.2. The van der Waals surface area contributed by atoms with Crippen molar-refractivity contribution in [2.75, 3.05) is 6.61 Å². The summed E-state index contributed by atoms with van der Waals surface area (Å²) in [7, 11) is 0. The fourth-order valence-electron chi connectivity index (χ4n) is 1.53. The molecular formula is C12H20N2O3. The highest BCUT2D eigenvalue weighted by molar-refractivity contribution is 5.90. The Morgan fingerprint density at radius 2 is 2.06 bits per heavy atom. The minimum atomic E-state index is -1.56. The molecule has 0 aromatic rings. The molecule has 0 saturated heterocycles. The SMILES string of the molecule is CCOC(=O)C(C#N)(CC(C)CC)NC(C)=O. The van der Waals surface area contributed by atoms with Crippen LogP contribution in [0.2, 0.25) is 0 Å². The fraction of sp³-hybridized carbons (Fsp3) is 0.750. The summed E-state index contributed by atoms with van der Waals surface area (Å²) in [6.45, 7) is 7.01. The number of carbonyl (C=O) groups excluding carboxylic acids is 2. The Kier molecular flexibility index (Phi) is 6.26. The van der Waals surface area contributed by atoms with Crippen molar-refractivity contribution in [1.29, 1.82) is 5.26 Å². The van der Waals surface area contributed by atoms with E-state index in [1.807, 2.05) is 19.9 Å². The average molecular weight is 240 g/mol. The van der Waals surface area contributed by atoms with Gasteiger partial charge in [0.1, 0.15) is 6.07 Å². The zero-order chi connectivity index (χ0) is 13.5. The van der Waals surface area contributed by atoms with Crippen LogP contribution < -0.4 is 5.32 Å². The van der Waals surface area contributed by atoms with Crippen molar-refractivity contribution in [3.8, 4) is 6.07 Å². The molecule has 0 rings (SSSR count). The lowest BCUT2D eigenvalue weighted by atomic mass is 9.88. The Hall–Kier alpha value is -1.57. The van der Waals surface area contributed by atoms with Gasteiger partial charge in [-0.3, -0.25) is 4.79 Å². The molecular weight excluding hydrogens is 220 g/mol. The molecule has 5 heteroatoms. The van der Waals surface area contributed by atoms with Gasteiger partial charge in [-0.15, -0.1) is 0 Å². The summed E-state index contributed by atoms with van der Waals surface area (Å²) in [5, 5.41) is 11.6. The molecule has 1 N–H and O–H groups in total. The maximum absolute atomic E-state index is 11.8. The predicted molar refractivity (Wildman–Crippen MR) is 62.9 cm³/mol. The second-order valence-corrected chi connectivity index (χ2v) is 4.14. The number of nitriles is 1. The van der Waals surface area contributed by atoms with Crippen molar-refractivity contribution >= 4 is 11.9 Å². The predicted octanol–water partition coefficient (Wildman–Crippen LogP) is 1.38. The third kappa shape index (κ3) is 4.43. The van der Waals surface area contributed by atoms with Crippen molar-refractivity contribution in [2.45, 2.75) is 46.1 Å². The molecule has 0 saturated carbocycles. The van der Waals surface area contributed by atoms with Gasteiger partial charge in [-0.05, 0) is 19.3 Å². The van der Waals surface area contributed by atoms with Gasteiger partial charge in [0.05, 0.1) is 6.61 Å². The van der Waals surface area contributed by atoms with E-state index in [9.17, 15) is 14.9 Å². The number of esters is 1. The molecule has 5 nitrogen and oxygen atoms in total. The first-order valence-corrected chi connectivity index (χ1v) is 5.79. The molecule has 96 valence electrons. The summed E-state index contributed by atoms with van der Waals surface area (Å²) < 4.78 is 4.87. The highest BCUT2D eigenvalue weighted by Gasteiger charge is 2.42. The van der Waals surface area contributed by atoms with Crippen molar-refractivity contribution in [2.24, 2.45) is 5.92 Å². The van der Waals surface area contributed by atoms with Gasteiger partial charge in [0, 0.05) is 6.92 Å². The van der Waals surface area contributed by atoms with Gasteiger partial charge in [-0.2, -0.15) is 5.26 Å². The van der Waals surface area contributed by atoms with Crippen molar-refractivity contribution < 1.29 is 14.3 Å². The molecule has 17 heavy (non-hydrogen) atoms. The van der Waals surface area contributed by atoms with Crippen LogP contribution in [0.15, 0.2) is 0 Å². The van der Waals surface area contributed by atoms with Crippen LogP contribution in [0.3, 0.4) is 0 Å². The number of carbonyl (C=O) groups is 2. The molecule has 0 aromatic heterocycles. The highest BCUT2D eigenvalue weighted by Crippen LogP contribution is 2.20. The lowest BCUT2D eigenvalue weighted by molar-refractivity contribution is -0.151. The monoisotopic (exact) mass is 240 g/mol. The minimum Gasteiger partial charge on any atom is -0.463 e. The first-order chi connectivity index (χ1) is 7.91. The van der Waals surface area contributed by atoms with E-state index in [4.69, 9.17) is 4.74 Å². The van der Waals surface area contributed by atoms with Crippen LogP contribution in [0.25, 0.3) is 0 Å². The Labute approximate surface area is 102 Å². The molecule has 0 fully saturated rings. The van der Waals surface area contributed by atoms with Crippen LogP contribution in [0.5, 0.6) is 0 Å². The molecule has 0 spiro atoms. The fourth-order valence-corrected chi connectivity index (χ4v) is 1.53. The van der Waals surface area contributed by atoms with Crippen LogP contribution in [0.4, 0.5) is 0 Å². The Balaban J connectivity index is 5.08. The van der Waals surface area contributed by atoms with E-state index >= 15 is 0 Å². The molecule has 2 unspecified atom stereocenters. The highest BCUT2D eigenvalue weighted by atomic mass is 16.5.